The SMILES string of the molecule is Fc1ccccc1-c1cccc2o[c]nc12. The van der Waals surface area contributed by atoms with Crippen LogP contribution in [-0.2, 0) is 0 Å². The Morgan fingerprint density at radius 1 is 1.00 bits per heavy atom. The molecule has 0 amide bonds. The maximum atomic E-state index is 13.6. The number of aromatic nitrogens is 1. The van der Waals surface area contributed by atoms with E-state index in [9.17, 15) is 4.39 Å². The van der Waals surface area contributed by atoms with Crippen molar-refractivity contribution >= 4 is 11.1 Å². The number of oxazole rings is 1. The average Bonchev–Trinajstić information content (AvgIpc) is 2.77. The van der Waals surface area contributed by atoms with Crippen molar-refractivity contribution in [3.8, 4) is 11.1 Å². The molecule has 0 saturated carbocycles. The number of fused-ring (bicyclic) bond motifs is 1. The number of rotatable bonds is 1. The van der Waals surface area contributed by atoms with Crippen LogP contribution in [-0.4, -0.2) is 4.98 Å². The molecule has 0 saturated heterocycles. The minimum absolute atomic E-state index is 0.266. The van der Waals surface area contributed by atoms with Gasteiger partial charge in [0.2, 0.25) is 0 Å². The van der Waals surface area contributed by atoms with Gasteiger partial charge in [0.1, 0.15) is 11.3 Å². The van der Waals surface area contributed by atoms with Crippen LogP contribution in [0.4, 0.5) is 4.39 Å². The summed E-state index contributed by atoms with van der Waals surface area (Å²) in [6.45, 7) is 0. The van der Waals surface area contributed by atoms with Crippen molar-refractivity contribution in [2.75, 3.05) is 0 Å². The normalized spacial score (nSPS) is 10.8. The first-order chi connectivity index (χ1) is 7.86. The van der Waals surface area contributed by atoms with Crippen LogP contribution in [0.2, 0.25) is 0 Å². The van der Waals surface area contributed by atoms with Gasteiger partial charge in [-0.05, 0) is 12.1 Å². The van der Waals surface area contributed by atoms with E-state index in [-0.39, 0.29) is 5.82 Å². The highest BCUT2D eigenvalue weighted by Crippen LogP contribution is 2.28. The molecule has 3 heteroatoms. The molecule has 0 N–H and O–H groups in total. The lowest BCUT2D eigenvalue weighted by Gasteiger charge is -2.02. The Bertz CT molecular complexity index is 645. The molecule has 3 rings (SSSR count). The third-order valence-corrected chi connectivity index (χ3v) is 2.48. The Labute approximate surface area is 91.3 Å². The molecular formula is C13H7FNO. The van der Waals surface area contributed by atoms with E-state index in [4.69, 9.17) is 4.42 Å². The van der Waals surface area contributed by atoms with Crippen molar-refractivity contribution in [1.82, 2.24) is 4.98 Å². The summed E-state index contributed by atoms with van der Waals surface area (Å²) in [6.07, 6.45) is 2.42. The number of nitrogens with zero attached hydrogens (tertiary/aromatic N) is 1. The zero-order valence-corrected chi connectivity index (χ0v) is 8.27. The fourth-order valence-corrected chi connectivity index (χ4v) is 1.73. The van der Waals surface area contributed by atoms with E-state index in [2.05, 4.69) is 11.4 Å². The number of hydrogen-bond donors (Lipinski definition) is 0. The number of benzene rings is 2. The van der Waals surface area contributed by atoms with Gasteiger partial charge in [0.15, 0.2) is 5.58 Å². The molecule has 2 nitrogen and oxygen atoms in total. The smallest absolute Gasteiger partial charge is 0.284 e. The third-order valence-electron chi connectivity index (χ3n) is 2.48. The predicted molar refractivity (Wildman–Crippen MR) is 58.2 cm³/mol. The molecule has 0 fully saturated rings. The Balaban J connectivity index is 2.34. The summed E-state index contributed by atoms with van der Waals surface area (Å²) in [5.41, 5.74) is 2.49. The topological polar surface area (TPSA) is 26.0 Å². The maximum absolute atomic E-state index is 13.6. The highest BCUT2D eigenvalue weighted by atomic mass is 19.1. The van der Waals surface area contributed by atoms with Gasteiger partial charge in [-0.25, -0.2) is 9.37 Å². The molecule has 0 aliphatic heterocycles. The highest BCUT2D eigenvalue weighted by Gasteiger charge is 2.10. The minimum atomic E-state index is -0.266. The van der Waals surface area contributed by atoms with Crippen LogP contribution < -0.4 is 0 Å². The van der Waals surface area contributed by atoms with E-state index < -0.39 is 0 Å². The minimum Gasteiger partial charge on any atom is -0.432 e. The molecule has 1 heterocycles. The molecule has 2 aromatic carbocycles. The zero-order valence-electron chi connectivity index (χ0n) is 8.27. The summed E-state index contributed by atoms with van der Waals surface area (Å²) in [7, 11) is 0. The lowest BCUT2D eigenvalue weighted by molar-refractivity contribution is 0.591. The fourth-order valence-electron chi connectivity index (χ4n) is 1.73. The van der Waals surface area contributed by atoms with E-state index in [1.807, 2.05) is 12.1 Å². The van der Waals surface area contributed by atoms with Gasteiger partial charge < -0.3 is 4.42 Å². The van der Waals surface area contributed by atoms with Crippen LogP contribution in [0.25, 0.3) is 22.2 Å². The van der Waals surface area contributed by atoms with E-state index >= 15 is 0 Å². The molecule has 0 atom stereocenters. The highest BCUT2D eigenvalue weighted by molar-refractivity contribution is 5.90. The van der Waals surface area contributed by atoms with Gasteiger partial charge in [0, 0.05) is 11.1 Å². The molecule has 1 radical (unpaired) electrons. The van der Waals surface area contributed by atoms with Gasteiger partial charge in [0.25, 0.3) is 6.39 Å². The van der Waals surface area contributed by atoms with Crippen LogP contribution in [0, 0.1) is 12.2 Å². The van der Waals surface area contributed by atoms with Crippen LogP contribution >= 0.6 is 0 Å². The molecule has 3 aromatic rings. The second-order valence-corrected chi connectivity index (χ2v) is 3.44. The van der Waals surface area contributed by atoms with Gasteiger partial charge in [-0.2, -0.15) is 0 Å². The van der Waals surface area contributed by atoms with E-state index in [1.165, 1.54) is 6.07 Å². The Morgan fingerprint density at radius 2 is 1.81 bits per heavy atom. The van der Waals surface area contributed by atoms with Gasteiger partial charge in [-0.1, -0.05) is 30.3 Å². The van der Waals surface area contributed by atoms with Gasteiger partial charge in [-0.3, -0.25) is 0 Å². The third kappa shape index (κ3) is 1.29. The van der Waals surface area contributed by atoms with Crippen molar-refractivity contribution in [3.05, 3.63) is 54.7 Å². The van der Waals surface area contributed by atoms with Gasteiger partial charge in [0.05, 0.1) is 0 Å². The van der Waals surface area contributed by atoms with E-state index in [0.29, 0.717) is 16.7 Å². The van der Waals surface area contributed by atoms with Crippen LogP contribution in [0.3, 0.4) is 0 Å². The molecule has 1 aromatic heterocycles. The maximum Gasteiger partial charge on any atom is 0.284 e. The molecule has 16 heavy (non-hydrogen) atoms. The summed E-state index contributed by atoms with van der Waals surface area (Å²) in [5, 5.41) is 0. The van der Waals surface area contributed by atoms with Crippen molar-refractivity contribution in [3.63, 3.8) is 0 Å². The lowest BCUT2D eigenvalue weighted by Crippen LogP contribution is -1.84. The Morgan fingerprint density at radius 3 is 2.69 bits per heavy atom. The second kappa shape index (κ2) is 3.45. The summed E-state index contributed by atoms with van der Waals surface area (Å²) < 4.78 is 18.7. The Hall–Kier alpha value is -2.16. The van der Waals surface area contributed by atoms with Gasteiger partial charge >= 0.3 is 0 Å². The average molecular weight is 212 g/mol. The largest absolute Gasteiger partial charge is 0.432 e. The standard InChI is InChI=1S/C13H7FNO/c14-11-6-2-1-4-9(11)10-5-3-7-12-13(10)15-8-16-12/h1-7H. The summed E-state index contributed by atoms with van der Waals surface area (Å²) >= 11 is 0. The van der Waals surface area contributed by atoms with Gasteiger partial charge in [-0.15, -0.1) is 0 Å². The summed E-state index contributed by atoms with van der Waals surface area (Å²) in [5.74, 6) is -0.266. The summed E-state index contributed by atoms with van der Waals surface area (Å²) in [6, 6.07) is 12.0. The molecule has 0 aliphatic rings. The summed E-state index contributed by atoms with van der Waals surface area (Å²) in [4.78, 5) is 3.98. The first kappa shape index (κ1) is 9.09. The van der Waals surface area contributed by atoms with Crippen LogP contribution in [0.1, 0.15) is 0 Å². The Kier molecular flexibility index (Phi) is 1.96. The number of para-hydroxylation sites is 1. The first-order valence-corrected chi connectivity index (χ1v) is 4.87. The zero-order chi connectivity index (χ0) is 11.0. The quantitative estimate of drug-likeness (QED) is 0.617. The number of halogens is 1. The van der Waals surface area contributed by atoms with Crippen molar-refractivity contribution in [2.45, 2.75) is 0 Å². The van der Waals surface area contributed by atoms with E-state index in [0.717, 1.165) is 5.56 Å². The monoisotopic (exact) mass is 212 g/mol. The number of hydrogen-bond acceptors (Lipinski definition) is 2. The van der Waals surface area contributed by atoms with Crippen LogP contribution in [0.15, 0.2) is 46.9 Å². The molecule has 77 valence electrons. The fraction of sp³-hybridized carbons (Fsp3) is 0. The van der Waals surface area contributed by atoms with Crippen molar-refractivity contribution in [1.29, 1.82) is 0 Å². The molecular weight excluding hydrogens is 205 g/mol. The van der Waals surface area contributed by atoms with E-state index in [1.54, 1.807) is 24.3 Å². The molecule has 0 aliphatic carbocycles. The lowest BCUT2D eigenvalue weighted by atomic mass is 10.0. The van der Waals surface area contributed by atoms with Crippen molar-refractivity contribution in [2.24, 2.45) is 0 Å². The first-order valence-electron chi connectivity index (χ1n) is 4.87. The molecule has 0 spiro atoms. The predicted octanol–water partition coefficient (Wildman–Crippen LogP) is 3.43. The van der Waals surface area contributed by atoms with Crippen molar-refractivity contribution < 1.29 is 8.81 Å². The van der Waals surface area contributed by atoms with Crippen LogP contribution in [0.5, 0.6) is 0 Å². The molecule has 0 unspecified atom stereocenters. The second-order valence-electron chi connectivity index (χ2n) is 3.44. The molecule has 0 bridgehead atoms.